The standard InChI is InChI=1S/C18H13F2NO3/c19-15-9-14(10-16(20)11-15)17(22)7-5-12-1-3-13(4-2-12)6-8-18(23)21-24/h1-11,24H,(H,21,23)/b7-5+,8-6+. The number of hydroxylamine groups is 1. The van der Waals surface area contributed by atoms with Crippen molar-refractivity contribution in [1.82, 2.24) is 5.48 Å². The zero-order valence-electron chi connectivity index (χ0n) is 12.4. The zero-order chi connectivity index (χ0) is 17.5. The molecule has 2 rings (SSSR count). The van der Waals surface area contributed by atoms with E-state index >= 15 is 0 Å². The molecule has 0 bridgehead atoms. The quantitative estimate of drug-likeness (QED) is 0.382. The molecule has 0 heterocycles. The van der Waals surface area contributed by atoms with Crippen LogP contribution in [0.1, 0.15) is 21.5 Å². The average molecular weight is 329 g/mol. The summed E-state index contributed by atoms with van der Waals surface area (Å²) in [6, 6.07) is 9.44. The molecule has 0 spiro atoms. The van der Waals surface area contributed by atoms with E-state index < -0.39 is 23.3 Å². The van der Waals surface area contributed by atoms with Crippen LogP contribution >= 0.6 is 0 Å². The Kier molecular flexibility index (Phi) is 5.70. The largest absolute Gasteiger partial charge is 0.289 e. The molecular formula is C18H13F2NO3. The van der Waals surface area contributed by atoms with Gasteiger partial charge in [0.2, 0.25) is 0 Å². The molecule has 4 nitrogen and oxygen atoms in total. The van der Waals surface area contributed by atoms with Crippen molar-refractivity contribution in [3.8, 4) is 0 Å². The van der Waals surface area contributed by atoms with Gasteiger partial charge in [0.15, 0.2) is 5.78 Å². The number of amides is 1. The van der Waals surface area contributed by atoms with Gasteiger partial charge in [0.25, 0.3) is 5.91 Å². The topological polar surface area (TPSA) is 66.4 Å². The van der Waals surface area contributed by atoms with Crippen LogP contribution in [0.2, 0.25) is 0 Å². The van der Waals surface area contributed by atoms with Crippen molar-refractivity contribution >= 4 is 23.8 Å². The minimum atomic E-state index is -0.810. The molecule has 24 heavy (non-hydrogen) atoms. The van der Waals surface area contributed by atoms with Gasteiger partial charge in [-0.3, -0.25) is 14.8 Å². The van der Waals surface area contributed by atoms with Gasteiger partial charge in [-0.25, -0.2) is 14.3 Å². The number of ketones is 1. The highest BCUT2D eigenvalue weighted by Crippen LogP contribution is 2.12. The van der Waals surface area contributed by atoms with E-state index in [4.69, 9.17) is 5.21 Å². The van der Waals surface area contributed by atoms with Crippen LogP contribution in [0.15, 0.2) is 54.6 Å². The van der Waals surface area contributed by atoms with Crippen LogP contribution in [0, 0.1) is 11.6 Å². The third-order valence-corrected chi connectivity index (χ3v) is 3.05. The Balaban J connectivity index is 2.07. The summed E-state index contributed by atoms with van der Waals surface area (Å²) < 4.78 is 26.2. The van der Waals surface area contributed by atoms with Crippen LogP contribution in [-0.4, -0.2) is 16.9 Å². The number of rotatable bonds is 5. The second kappa shape index (κ2) is 7.94. The predicted molar refractivity (Wildman–Crippen MR) is 85.1 cm³/mol. The van der Waals surface area contributed by atoms with Crippen molar-refractivity contribution in [2.24, 2.45) is 0 Å². The molecule has 0 aromatic heterocycles. The molecular weight excluding hydrogens is 316 g/mol. The molecule has 0 aliphatic heterocycles. The molecule has 0 aliphatic rings. The van der Waals surface area contributed by atoms with Gasteiger partial charge >= 0.3 is 0 Å². The summed E-state index contributed by atoms with van der Waals surface area (Å²) in [6.45, 7) is 0. The number of benzene rings is 2. The van der Waals surface area contributed by atoms with Crippen LogP contribution < -0.4 is 5.48 Å². The number of halogens is 2. The minimum absolute atomic E-state index is 0.0710. The number of carbonyl (C=O) groups excluding carboxylic acids is 2. The molecule has 122 valence electrons. The van der Waals surface area contributed by atoms with E-state index in [-0.39, 0.29) is 5.56 Å². The van der Waals surface area contributed by atoms with E-state index in [2.05, 4.69) is 0 Å². The van der Waals surface area contributed by atoms with E-state index in [0.717, 1.165) is 18.2 Å². The number of allylic oxidation sites excluding steroid dienone is 1. The van der Waals surface area contributed by atoms with Crippen LogP contribution in [0.3, 0.4) is 0 Å². The van der Waals surface area contributed by atoms with Crippen LogP contribution in [0.25, 0.3) is 12.2 Å². The van der Waals surface area contributed by atoms with E-state index in [1.165, 1.54) is 23.7 Å². The first-order valence-corrected chi connectivity index (χ1v) is 6.88. The monoisotopic (exact) mass is 329 g/mol. The molecule has 0 saturated heterocycles. The SMILES string of the molecule is O=C(/C=C/c1ccc(/C=C/C(=O)c2cc(F)cc(F)c2)cc1)NO. The van der Waals surface area contributed by atoms with Crippen molar-refractivity contribution < 1.29 is 23.6 Å². The predicted octanol–water partition coefficient (Wildman–Crippen LogP) is 3.38. The van der Waals surface area contributed by atoms with Crippen molar-refractivity contribution in [3.63, 3.8) is 0 Å². The molecule has 2 N–H and O–H groups in total. The Labute approximate surface area is 136 Å². The van der Waals surface area contributed by atoms with Gasteiger partial charge in [0.1, 0.15) is 11.6 Å². The summed E-state index contributed by atoms with van der Waals surface area (Å²) in [5.41, 5.74) is 2.82. The molecule has 6 heteroatoms. The van der Waals surface area contributed by atoms with E-state index in [1.807, 2.05) is 0 Å². The maximum Gasteiger partial charge on any atom is 0.267 e. The van der Waals surface area contributed by atoms with Crippen LogP contribution in [-0.2, 0) is 4.79 Å². The number of hydrogen-bond donors (Lipinski definition) is 2. The first-order chi connectivity index (χ1) is 11.5. The third kappa shape index (κ3) is 4.96. The lowest BCUT2D eigenvalue weighted by molar-refractivity contribution is -0.124. The Morgan fingerprint density at radius 2 is 1.38 bits per heavy atom. The van der Waals surface area contributed by atoms with Crippen molar-refractivity contribution in [3.05, 3.63) is 82.9 Å². The van der Waals surface area contributed by atoms with Gasteiger partial charge in [-0.15, -0.1) is 0 Å². The highest BCUT2D eigenvalue weighted by molar-refractivity contribution is 6.06. The van der Waals surface area contributed by atoms with Crippen LogP contribution in [0.5, 0.6) is 0 Å². The summed E-state index contributed by atoms with van der Waals surface area (Å²) in [5.74, 6) is -2.78. The maximum atomic E-state index is 13.1. The molecule has 0 fully saturated rings. The normalized spacial score (nSPS) is 11.1. The zero-order valence-corrected chi connectivity index (χ0v) is 12.4. The van der Waals surface area contributed by atoms with Crippen molar-refractivity contribution in [2.75, 3.05) is 0 Å². The Hall–Kier alpha value is -3.12. The van der Waals surface area contributed by atoms with E-state index in [9.17, 15) is 18.4 Å². The summed E-state index contributed by atoms with van der Waals surface area (Å²) in [5, 5.41) is 8.37. The van der Waals surface area contributed by atoms with Crippen LogP contribution in [0.4, 0.5) is 8.78 Å². The lowest BCUT2D eigenvalue weighted by Crippen LogP contribution is -2.14. The first-order valence-electron chi connectivity index (χ1n) is 6.88. The second-order valence-electron chi connectivity index (χ2n) is 4.83. The summed E-state index contributed by atoms with van der Waals surface area (Å²) in [6.07, 6.45) is 5.39. The Morgan fingerprint density at radius 3 is 1.88 bits per heavy atom. The lowest BCUT2D eigenvalue weighted by Gasteiger charge is -1.98. The Bertz CT molecular complexity index is 791. The molecule has 2 aromatic rings. The fourth-order valence-electron chi connectivity index (χ4n) is 1.89. The molecule has 0 saturated carbocycles. The number of nitrogens with one attached hydrogen (secondary N) is 1. The van der Waals surface area contributed by atoms with E-state index in [0.29, 0.717) is 17.2 Å². The highest BCUT2D eigenvalue weighted by Gasteiger charge is 2.06. The Morgan fingerprint density at radius 1 is 0.875 bits per heavy atom. The molecule has 0 atom stereocenters. The second-order valence-corrected chi connectivity index (χ2v) is 4.83. The highest BCUT2D eigenvalue weighted by atomic mass is 19.1. The number of carbonyl (C=O) groups is 2. The van der Waals surface area contributed by atoms with Crippen molar-refractivity contribution in [2.45, 2.75) is 0 Å². The smallest absolute Gasteiger partial charge is 0.267 e. The van der Waals surface area contributed by atoms with Gasteiger partial charge in [-0.05, 0) is 35.4 Å². The van der Waals surface area contributed by atoms with Gasteiger partial charge < -0.3 is 0 Å². The van der Waals surface area contributed by atoms with Gasteiger partial charge in [-0.1, -0.05) is 30.3 Å². The molecule has 0 radical (unpaired) electrons. The van der Waals surface area contributed by atoms with Crippen molar-refractivity contribution in [1.29, 1.82) is 0 Å². The molecule has 2 aromatic carbocycles. The molecule has 0 aliphatic carbocycles. The fraction of sp³-hybridized carbons (Fsp3) is 0. The average Bonchev–Trinajstić information content (AvgIpc) is 2.57. The molecule has 0 unspecified atom stereocenters. The van der Waals surface area contributed by atoms with E-state index in [1.54, 1.807) is 24.3 Å². The maximum absolute atomic E-state index is 13.1. The summed E-state index contributed by atoms with van der Waals surface area (Å²) in [7, 11) is 0. The number of hydrogen-bond acceptors (Lipinski definition) is 3. The summed E-state index contributed by atoms with van der Waals surface area (Å²) >= 11 is 0. The molecule has 1 amide bonds. The van der Waals surface area contributed by atoms with Gasteiger partial charge in [0, 0.05) is 17.7 Å². The minimum Gasteiger partial charge on any atom is -0.289 e. The first kappa shape index (κ1) is 17.2. The third-order valence-electron chi connectivity index (χ3n) is 3.05. The fourth-order valence-corrected chi connectivity index (χ4v) is 1.89. The van der Waals surface area contributed by atoms with Gasteiger partial charge in [-0.2, -0.15) is 0 Å². The summed E-state index contributed by atoms with van der Waals surface area (Å²) in [4.78, 5) is 22.8. The lowest BCUT2D eigenvalue weighted by atomic mass is 10.1. The van der Waals surface area contributed by atoms with Gasteiger partial charge in [0.05, 0.1) is 0 Å².